The van der Waals surface area contributed by atoms with Crippen LogP contribution in [0.15, 0.2) is 35.4 Å². The van der Waals surface area contributed by atoms with Crippen LogP contribution in [0, 0.1) is 0 Å². The van der Waals surface area contributed by atoms with Gasteiger partial charge in [0.25, 0.3) is 0 Å². The van der Waals surface area contributed by atoms with Gasteiger partial charge in [-0.3, -0.25) is 4.90 Å². The lowest BCUT2D eigenvalue weighted by molar-refractivity contribution is 0.325. The van der Waals surface area contributed by atoms with E-state index in [1.807, 2.05) is 0 Å². The Hall–Kier alpha value is -0.590. The normalized spacial score (nSPS) is 18.1. The third kappa shape index (κ3) is 5.89. The molecule has 0 fully saturated rings. The molecule has 0 amide bonds. The first-order chi connectivity index (χ1) is 10.1. The maximum absolute atomic E-state index is 3.64. The number of likely N-dealkylation sites (N-methyl/N-ethyl adjacent to an activating group) is 1. The molecule has 3 heteroatoms. The minimum Gasteiger partial charge on any atom is -0.358 e. The lowest BCUT2D eigenvalue weighted by Gasteiger charge is -2.40. The molecule has 2 nitrogen and oxygen atoms in total. The molecule has 0 radical (unpaired) electrons. The van der Waals surface area contributed by atoms with Crippen molar-refractivity contribution < 1.29 is 0 Å². The summed E-state index contributed by atoms with van der Waals surface area (Å²) in [6.07, 6.45) is 6.59. The molecule has 0 aromatic heterocycles. The van der Waals surface area contributed by atoms with Crippen molar-refractivity contribution in [3.05, 3.63) is 35.4 Å². The Kier molecular flexibility index (Phi) is 6.89. The van der Waals surface area contributed by atoms with Crippen molar-refractivity contribution in [1.29, 1.82) is 0 Å². The van der Waals surface area contributed by atoms with Gasteiger partial charge in [-0.05, 0) is 41.4 Å². The minimum atomic E-state index is -0.229. The van der Waals surface area contributed by atoms with Gasteiger partial charge in [-0.25, -0.2) is 0 Å². The van der Waals surface area contributed by atoms with Crippen LogP contribution in [0.4, 0.5) is 0 Å². The summed E-state index contributed by atoms with van der Waals surface area (Å²) in [6.45, 7) is 21.8. The number of nitrogens with one attached hydrogen (secondary N) is 1. The molecular weight excluding hydrogens is 287 g/mol. The van der Waals surface area contributed by atoms with Crippen molar-refractivity contribution in [2.75, 3.05) is 19.6 Å². The Balaban J connectivity index is 2.90. The van der Waals surface area contributed by atoms with E-state index in [1.165, 1.54) is 11.4 Å². The summed E-state index contributed by atoms with van der Waals surface area (Å²) in [5.41, 5.74) is 2.57. The quantitative estimate of drug-likeness (QED) is 0.692. The molecular formula is C19H35N2P. The summed E-state index contributed by atoms with van der Waals surface area (Å²) in [5, 5.41) is 4.27. The van der Waals surface area contributed by atoms with E-state index in [2.05, 4.69) is 89.7 Å². The van der Waals surface area contributed by atoms with Gasteiger partial charge < -0.3 is 5.32 Å². The first-order valence-corrected chi connectivity index (χ1v) is 9.87. The Morgan fingerprint density at radius 2 is 1.59 bits per heavy atom. The van der Waals surface area contributed by atoms with E-state index in [0.29, 0.717) is 10.3 Å². The average Bonchev–Trinajstić information content (AvgIpc) is 2.40. The van der Waals surface area contributed by atoms with Crippen LogP contribution >= 0.6 is 7.92 Å². The predicted octanol–water partition coefficient (Wildman–Crippen LogP) is 5.29. The van der Waals surface area contributed by atoms with Crippen molar-refractivity contribution in [2.45, 2.75) is 65.7 Å². The first-order valence-electron chi connectivity index (χ1n) is 8.45. The third-order valence-corrected chi connectivity index (χ3v) is 7.31. The van der Waals surface area contributed by atoms with E-state index in [-0.39, 0.29) is 7.92 Å². The molecule has 1 heterocycles. The van der Waals surface area contributed by atoms with Crippen molar-refractivity contribution in [3.63, 3.8) is 0 Å². The Morgan fingerprint density at radius 3 is 2.05 bits per heavy atom. The summed E-state index contributed by atoms with van der Waals surface area (Å²) in [5.74, 6) is 2.49. The lowest BCUT2D eigenvalue weighted by Crippen LogP contribution is -2.31. The van der Waals surface area contributed by atoms with Gasteiger partial charge in [0.1, 0.15) is 0 Å². The second kappa shape index (κ2) is 7.79. The van der Waals surface area contributed by atoms with Gasteiger partial charge in [-0.2, -0.15) is 0 Å². The second-order valence-electron chi connectivity index (χ2n) is 7.93. The highest BCUT2D eigenvalue weighted by molar-refractivity contribution is 7.64. The van der Waals surface area contributed by atoms with Crippen LogP contribution in [-0.2, 0) is 0 Å². The average molecular weight is 322 g/mol. The maximum atomic E-state index is 3.64. The van der Waals surface area contributed by atoms with E-state index >= 15 is 0 Å². The zero-order valence-electron chi connectivity index (χ0n) is 15.8. The van der Waals surface area contributed by atoms with Gasteiger partial charge >= 0.3 is 0 Å². The molecule has 1 rings (SSSR count). The summed E-state index contributed by atoms with van der Waals surface area (Å²) in [4.78, 5) is 2.44. The standard InChI is InChI=1S/C19H35N2P/c1-9-21(10-2)14-16-12-11-13-17(20-16)15-22(18(3,4)5)19(6,7)8/h11-13,15,20H,9-10,14H2,1-8H3. The molecule has 1 aliphatic rings. The fraction of sp³-hybridized carbons (Fsp3) is 0.684. The highest BCUT2D eigenvalue weighted by atomic mass is 31.1. The van der Waals surface area contributed by atoms with E-state index in [4.69, 9.17) is 0 Å². The molecule has 0 aliphatic carbocycles. The largest absolute Gasteiger partial charge is 0.358 e. The van der Waals surface area contributed by atoms with Crippen LogP contribution in [0.2, 0.25) is 0 Å². The molecule has 0 aromatic rings. The van der Waals surface area contributed by atoms with Crippen molar-refractivity contribution in [3.8, 4) is 0 Å². The van der Waals surface area contributed by atoms with Gasteiger partial charge in [0.15, 0.2) is 0 Å². The van der Waals surface area contributed by atoms with Crippen LogP contribution in [-0.4, -0.2) is 34.8 Å². The predicted molar refractivity (Wildman–Crippen MR) is 103 cm³/mol. The van der Waals surface area contributed by atoms with Crippen molar-refractivity contribution in [2.24, 2.45) is 0 Å². The lowest BCUT2D eigenvalue weighted by atomic mass is 10.2. The first kappa shape index (κ1) is 19.5. The third-order valence-electron chi connectivity index (χ3n) is 3.88. The monoisotopic (exact) mass is 322 g/mol. The second-order valence-corrected chi connectivity index (χ2v) is 11.6. The van der Waals surface area contributed by atoms with E-state index in [1.54, 1.807) is 0 Å². The summed E-state index contributed by atoms with van der Waals surface area (Å²) in [7, 11) is -0.229. The van der Waals surface area contributed by atoms with Gasteiger partial charge in [0.05, 0.1) is 0 Å². The highest BCUT2D eigenvalue weighted by Gasteiger charge is 2.33. The highest BCUT2D eigenvalue weighted by Crippen LogP contribution is 2.60. The van der Waals surface area contributed by atoms with E-state index < -0.39 is 0 Å². The molecule has 0 aromatic carbocycles. The Bertz CT molecular complexity index is 429. The van der Waals surface area contributed by atoms with Gasteiger partial charge in [0, 0.05) is 17.9 Å². The van der Waals surface area contributed by atoms with Crippen LogP contribution in [0.3, 0.4) is 0 Å². The van der Waals surface area contributed by atoms with E-state index in [9.17, 15) is 0 Å². The van der Waals surface area contributed by atoms with Crippen LogP contribution in [0.25, 0.3) is 0 Å². The number of hydrogen-bond donors (Lipinski definition) is 1. The molecule has 126 valence electrons. The van der Waals surface area contributed by atoms with Gasteiger partial charge in [0.2, 0.25) is 0 Å². The molecule has 0 unspecified atom stereocenters. The number of allylic oxidation sites excluding steroid dienone is 3. The van der Waals surface area contributed by atoms with Gasteiger partial charge in [-0.15, -0.1) is 0 Å². The Morgan fingerprint density at radius 1 is 1.05 bits per heavy atom. The molecule has 0 bridgehead atoms. The zero-order valence-corrected chi connectivity index (χ0v) is 16.7. The van der Waals surface area contributed by atoms with Crippen molar-refractivity contribution >= 4 is 7.92 Å². The summed E-state index contributed by atoms with van der Waals surface area (Å²) in [6, 6.07) is 0. The number of dihydropyridines is 1. The molecule has 0 saturated carbocycles. The topological polar surface area (TPSA) is 15.3 Å². The van der Waals surface area contributed by atoms with Gasteiger partial charge in [-0.1, -0.05) is 69.4 Å². The fourth-order valence-electron chi connectivity index (χ4n) is 2.92. The van der Waals surface area contributed by atoms with Crippen molar-refractivity contribution in [1.82, 2.24) is 10.2 Å². The number of nitrogens with zero attached hydrogens (tertiary/aromatic N) is 1. The molecule has 0 spiro atoms. The zero-order chi connectivity index (χ0) is 17.0. The fourth-order valence-corrected chi connectivity index (χ4v) is 6.14. The smallest absolute Gasteiger partial charge is 0.0387 e. The summed E-state index contributed by atoms with van der Waals surface area (Å²) < 4.78 is 0. The molecule has 1 N–H and O–H groups in total. The number of rotatable bonds is 5. The number of hydrogen-bond acceptors (Lipinski definition) is 2. The molecule has 1 aliphatic heterocycles. The Labute approximate surface area is 139 Å². The summed E-state index contributed by atoms with van der Waals surface area (Å²) >= 11 is 0. The SMILES string of the molecule is CCN(CC)CC1=CC=CC(=CP(C(C)(C)C)C(C)(C)C)N1. The van der Waals surface area contributed by atoms with Crippen LogP contribution in [0.5, 0.6) is 0 Å². The van der Waals surface area contributed by atoms with Crippen LogP contribution in [0.1, 0.15) is 55.4 Å². The van der Waals surface area contributed by atoms with Crippen LogP contribution < -0.4 is 5.32 Å². The minimum absolute atomic E-state index is 0.229. The molecule has 0 atom stereocenters. The van der Waals surface area contributed by atoms with E-state index in [0.717, 1.165) is 19.6 Å². The molecule has 0 saturated heterocycles. The maximum Gasteiger partial charge on any atom is 0.0387 e. The molecule has 22 heavy (non-hydrogen) atoms.